The van der Waals surface area contributed by atoms with Crippen molar-refractivity contribution in [2.75, 3.05) is 16.8 Å². The number of carbonyl (C=O) groups excluding carboxylic acids is 1. The molecule has 1 aromatic carbocycles. The van der Waals surface area contributed by atoms with Crippen LogP contribution in [0.4, 0.5) is 10.1 Å². The van der Waals surface area contributed by atoms with Gasteiger partial charge in [0.1, 0.15) is 24.1 Å². The predicted octanol–water partition coefficient (Wildman–Crippen LogP) is 0.730. The number of anilines is 1. The molecule has 9 nitrogen and oxygen atoms in total. The summed E-state index contributed by atoms with van der Waals surface area (Å²) < 4.78 is 38.9. The molecular formula is C17H16FN5O4S. The number of nitrogens with one attached hydrogen (secondary N) is 1. The first-order valence-electron chi connectivity index (χ1n) is 8.51. The third-order valence-electron chi connectivity index (χ3n) is 4.58. The van der Waals surface area contributed by atoms with Gasteiger partial charge in [0.15, 0.2) is 15.5 Å². The lowest BCUT2D eigenvalue weighted by atomic mass is 10.3. The minimum Gasteiger partial charge on any atom is -0.325 e. The Morgan fingerprint density at radius 3 is 2.71 bits per heavy atom. The van der Waals surface area contributed by atoms with E-state index in [0.29, 0.717) is 17.8 Å². The van der Waals surface area contributed by atoms with E-state index in [4.69, 9.17) is 0 Å². The van der Waals surface area contributed by atoms with Gasteiger partial charge in [0, 0.05) is 5.69 Å². The summed E-state index contributed by atoms with van der Waals surface area (Å²) in [7, 11) is -3.11. The third kappa shape index (κ3) is 3.52. The molecule has 0 bridgehead atoms. The zero-order valence-electron chi connectivity index (χ0n) is 14.6. The first-order chi connectivity index (χ1) is 13.3. The molecule has 4 rings (SSSR count). The Bertz CT molecular complexity index is 1220. The zero-order valence-corrected chi connectivity index (χ0v) is 15.4. The molecule has 3 heterocycles. The molecule has 3 aromatic rings. The van der Waals surface area contributed by atoms with Crippen LogP contribution in [0.25, 0.3) is 11.0 Å². The molecule has 1 aliphatic heterocycles. The van der Waals surface area contributed by atoms with Crippen molar-refractivity contribution in [1.29, 1.82) is 0 Å². The van der Waals surface area contributed by atoms with Crippen LogP contribution in [-0.2, 0) is 21.2 Å². The van der Waals surface area contributed by atoms with E-state index in [2.05, 4.69) is 15.4 Å². The minimum atomic E-state index is -3.11. The lowest BCUT2D eigenvalue weighted by Gasteiger charge is -2.10. The van der Waals surface area contributed by atoms with Gasteiger partial charge in [-0.15, -0.1) is 0 Å². The summed E-state index contributed by atoms with van der Waals surface area (Å²) in [6.45, 7) is -0.276. The second-order valence-corrected chi connectivity index (χ2v) is 8.84. The number of hydrogen-bond acceptors (Lipinski definition) is 6. The number of rotatable bonds is 4. The number of hydrogen-bond donors (Lipinski definition) is 1. The van der Waals surface area contributed by atoms with E-state index in [0.717, 1.165) is 4.57 Å². The molecule has 11 heteroatoms. The SMILES string of the molecule is O=C(Cn1cnc2c(cnn2[C@H]2CCS(=O)(=O)C2)c1=O)Nc1ccc(F)cc1. The van der Waals surface area contributed by atoms with Crippen LogP contribution < -0.4 is 10.9 Å². The van der Waals surface area contributed by atoms with E-state index in [-0.39, 0.29) is 29.5 Å². The van der Waals surface area contributed by atoms with E-state index in [1.807, 2.05) is 0 Å². The molecule has 1 fully saturated rings. The van der Waals surface area contributed by atoms with Crippen LogP contribution in [0.3, 0.4) is 0 Å². The Kier molecular flexibility index (Phi) is 4.46. The Morgan fingerprint density at radius 2 is 2.04 bits per heavy atom. The van der Waals surface area contributed by atoms with Crippen molar-refractivity contribution in [3.63, 3.8) is 0 Å². The van der Waals surface area contributed by atoms with Gasteiger partial charge in [-0.05, 0) is 30.7 Å². The number of aromatic nitrogens is 4. The summed E-state index contributed by atoms with van der Waals surface area (Å²) >= 11 is 0. The number of benzene rings is 1. The highest BCUT2D eigenvalue weighted by Crippen LogP contribution is 2.25. The summed E-state index contributed by atoms with van der Waals surface area (Å²) in [5.41, 5.74) is 0.248. The normalized spacial score (nSPS) is 18.4. The summed E-state index contributed by atoms with van der Waals surface area (Å²) in [6, 6.07) is 4.90. The van der Waals surface area contributed by atoms with Crippen molar-refractivity contribution >= 4 is 32.5 Å². The smallest absolute Gasteiger partial charge is 0.264 e. The van der Waals surface area contributed by atoms with Crippen LogP contribution in [0.2, 0.25) is 0 Å². The van der Waals surface area contributed by atoms with Crippen LogP contribution in [0.1, 0.15) is 12.5 Å². The topological polar surface area (TPSA) is 116 Å². The highest BCUT2D eigenvalue weighted by Gasteiger charge is 2.31. The highest BCUT2D eigenvalue weighted by molar-refractivity contribution is 7.91. The predicted molar refractivity (Wildman–Crippen MR) is 99.1 cm³/mol. The summed E-state index contributed by atoms with van der Waals surface area (Å²) in [4.78, 5) is 29.0. The molecule has 146 valence electrons. The van der Waals surface area contributed by atoms with Crippen LogP contribution in [0.15, 0.2) is 41.6 Å². The number of sulfone groups is 1. The molecule has 28 heavy (non-hydrogen) atoms. The lowest BCUT2D eigenvalue weighted by molar-refractivity contribution is -0.116. The first-order valence-corrected chi connectivity index (χ1v) is 10.3. The molecule has 1 atom stereocenters. The van der Waals surface area contributed by atoms with Gasteiger partial charge in [-0.2, -0.15) is 5.10 Å². The van der Waals surface area contributed by atoms with Crippen LogP contribution in [0, 0.1) is 5.82 Å². The molecule has 1 amide bonds. The summed E-state index contributed by atoms with van der Waals surface area (Å²) in [5, 5.41) is 6.92. The van der Waals surface area contributed by atoms with Gasteiger partial charge >= 0.3 is 0 Å². The van der Waals surface area contributed by atoms with Crippen LogP contribution in [-0.4, -0.2) is 45.2 Å². The number of amides is 1. The minimum absolute atomic E-state index is 0.0331. The van der Waals surface area contributed by atoms with Gasteiger partial charge < -0.3 is 5.32 Å². The van der Waals surface area contributed by atoms with Crippen LogP contribution >= 0.6 is 0 Å². The highest BCUT2D eigenvalue weighted by atomic mass is 32.2. The van der Waals surface area contributed by atoms with Crippen molar-refractivity contribution in [3.8, 4) is 0 Å². The summed E-state index contributed by atoms with van der Waals surface area (Å²) in [6.07, 6.45) is 2.99. The van der Waals surface area contributed by atoms with E-state index in [9.17, 15) is 22.4 Å². The van der Waals surface area contributed by atoms with Gasteiger partial charge in [-0.3, -0.25) is 14.2 Å². The molecule has 0 spiro atoms. The maximum atomic E-state index is 12.9. The molecule has 0 radical (unpaired) electrons. The fourth-order valence-electron chi connectivity index (χ4n) is 3.20. The maximum absolute atomic E-state index is 12.9. The largest absolute Gasteiger partial charge is 0.325 e. The average Bonchev–Trinajstić information content (AvgIpc) is 3.22. The molecular weight excluding hydrogens is 389 g/mol. The first kappa shape index (κ1) is 18.3. The molecule has 1 saturated heterocycles. The number of carbonyl (C=O) groups is 1. The number of nitrogens with zero attached hydrogens (tertiary/aromatic N) is 4. The van der Waals surface area contributed by atoms with E-state index < -0.39 is 27.1 Å². The Hall–Kier alpha value is -3.08. The van der Waals surface area contributed by atoms with Crippen molar-refractivity contribution in [3.05, 3.63) is 53.0 Å². The zero-order chi connectivity index (χ0) is 19.9. The molecule has 0 saturated carbocycles. The Morgan fingerprint density at radius 1 is 1.29 bits per heavy atom. The number of fused-ring (bicyclic) bond motifs is 1. The van der Waals surface area contributed by atoms with Crippen molar-refractivity contribution in [2.45, 2.75) is 19.0 Å². The van der Waals surface area contributed by atoms with Gasteiger partial charge in [0.2, 0.25) is 5.91 Å². The van der Waals surface area contributed by atoms with Gasteiger partial charge in [-0.25, -0.2) is 22.5 Å². The van der Waals surface area contributed by atoms with Gasteiger partial charge in [-0.1, -0.05) is 0 Å². The Balaban J connectivity index is 1.56. The lowest BCUT2D eigenvalue weighted by Crippen LogP contribution is -2.28. The standard InChI is InChI=1S/C17H16FN5O4S/c18-11-1-3-12(4-2-11)21-15(24)8-22-10-19-16-14(17(22)25)7-20-23(16)13-5-6-28(26,27)9-13/h1-4,7,10,13H,5-6,8-9H2,(H,21,24)/t13-/m0/s1. The fraction of sp³-hybridized carbons (Fsp3) is 0.294. The molecule has 1 N–H and O–H groups in total. The van der Waals surface area contributed by atoms with Gasteiger partial charge in [0.25, 0.3) is 5.56 Å². The van der Waals surface area contributed by atoms with E-state index >= 15 is 0 Å². The molecule has 1 aliphatic rings. The van der Waals surface area contributed by atoms with Crippen LogP contribution in [0.5, 0.6) is 0 Å². The average molecular weight is 405 g/mol. The van der Waals surface area contributed by atoms with Crippen molar-refractivity contribution in [1.82, 2.24) is 19.3 Å². The monoisotopic (exact) mass is 405 g/mol. The maximum Gasteiger partial charge on any atom is 0.264 e. The van der Waals surface area contributed by atoms with Crippen molar-refractivity contribution < 1.29 is 17.6 Å². The van der Waals surface area contributed by atoms with E-state index in [1.165, 1.54) is 41.5 Å². The number of halogens is 1. The Labute approximate surface area is 158 Å². The molecule has 0 unspecified atom stereocenters. The summed E-state index contributed by atoms with van der Waals surface area (Å²) in [5.74, 6) is -0.839. The fourth-order valence-corrected chi connectivity index (χ4v) is 4.90. The van der Waals surface area contributed by atoms with Gasteiger partial charge in [0.05, 0.1) is 23.7 Å². The second-order valence-electron chi connectivity index (χ2n) is 6.62. The second kappa shape index (κ2) is 6.82. The molecule has 0 aliphatic carbocycles. The quantitative estimate of drug-likeness (QED) is 0.684. The molecule has 2 aromatic heterocycles. The van der Waals surface area contributed by atoms with Crippen molar-refractivity contribution in [2.24, 2.45) is 0 Å². The third-order valence-corrected chi connectivity index (χ3v) is 6.33. The van der Waals surface area contributed by atoms with E-state index in [1.54, 1.807) is 0 Å².